The Morgan fingerprint density at radius 1 is 1.47 bits per heavy atom. The summed E-state index contributed by atoms with van der Waals surface area (Å²) in [5, 5.41) is 6.31. The van der Waals surface area contributed by atoms with E-state index in [1.54, 1.807) is 13.0 Å². The first-order valence-electron chi connectivity index (χ1n) is 5.33. The molecule has 4 N–H and O–H groups in total. The molecule has 0 aliphatic carbocycles. The molecule has 0 spiro atoms. The topological polar surface area (TPSA) is 114 Å². The van der Waals surface area contributed by atoms with Crippen LogP contribution in [0.3, 0.4) is 0 Å². The summed E-state index contributed by atoms with van der Waals surface area (Å²) in [6.07, 6.45) is 1.30. The standard InChI is InChI=1S/C10H12ClN5O2S/c1-6(10-13-5-14-15-10)16-19(17,18)9-7(11)3-2-4-8(9)12/h2-6,16H,12H2,1H3,(H,13,14,15). The molecule has 7 nitrogen and oxygen atoms in total. The normalized spacial score (nSPS) is 13.4. The summed E-state index contributed by atoms with van der Waals surface area (Å²) in [7, 11) is -3.84. The summed E-state index contributed by atoms with van der Waals surface area (Å²) >= 11 is 5.89. The fraction of sp³-hybridized carbons (Fsp3) is 0.200. The van der Waals surface area contributed by atoms with Crippen molar-refractivity contribution in [1.82, 2.24) is 19.9 Å². The van der Waals surface area contributed by atoms with Crippen LogP contribution in [0.15, 0.2) is 29.4 Å². The maximum Gasteiger partial charge on any atom is 0.244 e. The van der Waals surface area contributed by atoms with Crippen molar-refractivity contribution < 1.29 is 8.42 Å². The molecule has 2 aromatic rings. The van der Waals surface area contributed by atoms with Gasteiger partial charge in [0, 0.05) is 0 Å². The van der Waals surface area contributed by atoms with Crippen molar-refractivity contribution in [3.63, 3.8) is 0 Å². The van der Waals surface area contributed by atoms with E-state index in [0.29, 0.717) is 5.82 Å². The molecule has 0 saturated carbocycles. The molecule has 1 atom stereocenters. The Kier molecular flexibility index (Phi) is 3.74. The molecule has 19 heavy (non-hydrogen) atoms. The number of halogens is 1. The molecule has 2 rings (SSSR count). The second-order valence-electron chi connectivity index (χ2n) is 3.87. The maximum atomic E-state index is 12.2. The number of benzene rings is 1. The van der Waals surface area contributed by atoms with Gasteiger partial charge in [-0.05, 0) is 19.1 Å². The van der Waals surface area contributed by atoms with Crippen LogP contribution >= 0.6 is 11.6 Å². The van der Waals surface area contributed by atoms with Crippen LogP contribution in [0, 0.1) is 0 Å². The molecular formula is C10H12ClN5O2S. The lowest BCUT2D eigenvalue weighted by atomic mass is 10.3. The number of nitrogens with zero attached hydrogens (tertiary/aromatic N) is 2. The number of nitrogen functional groups attached to an aromatic ring is 1. The van der Waals surface area contributed by atoms with E-state index in [2.05, 4.69) is 19.9 Å². The summed E-state index contributed by atoms with van der Waals surface area (Å²) in [5.74, 6) is 0.397. The van der Waals surface area contributed by atoms with Gasteiger partial charge in [0.2, 0.25) is 10.0 Å². The monoisotopic (exact) mass is 301 g/mol. The SMILES string of the molecule is CC(NS(=O)(=O)c1c(N)cccc1Cl)c1ncn[nH]1. The number of rotatable bonds is 4. The van der Waals surface area contributed by atoms with E-state index < -0.39 is 16.1 Å². The van der Waals surface area contributed by atoms with E-state index in [4.69, 9.17) is 17.3 Å². The molecule has 1 aromatic carbocycles. The largest absolute Gasteiger partial charge is 0.398 e. The van der Waals surface area contributed by atoms with Crippen molar-refractivity contribution in [3.05, 3.63) is 35.4 Å². The van der Waals surface area contributed by atoms with Crippen LogP contribution in [0.2, 0.25) is 5.02 Å². The second kappa shape index (κ2) is 5.16. The van der Waals surface area contributed by atoms with Crippen LogP contribution in [-0.4, -0.2) is 23.6 Å². The molecule has 1 unspecified atom stereocenters. The Labute approximate surface area is 115 Å². The summed E-state index contributed by atoms with van der Waals surface area (Å²) < 4.78 is 26.9. The smallest absolute Gasteiger partial charge is 0.244 e. The van der Waals surface area contributed by atoms with Gasteiger partial charge in [0.15, 0.2) is 0 Å². The molecule has 1 aromatic heterocycles. The maximum absolute atomic E-state index is 12.2. The van der Waals surface area contributed by atoms with Crippen molar-refractivity contribution in [3.8, 4) is 0 Å². The molecule has 9 heteroatoms. The Hall–Kier alpha value is -1.64. The number of hydrogen-bond acceptors (Lipinski definition) is 5. The van der Waals surface area contributed by atoms with Gasteiger partial charge in [-0.15, -0.1) is 0 Å². The summed E-state index contributed by atoms with van der Waals surface area (Å²) in [4.78, 5) is 3.74. The zero-order chi connectivity index (χ0) is 14.0. The van der Waals surface area contributed by atoms with Gasteiger partial charge >= 0.3 is 0 Å². The second-order valence-corrected chi connectivity index (χ2v) is 5.93. The average Bonchev–Trinajstić information content (AvgIpc) is 2.80. The first kappa shape index (κ1) is 13.8. The van der Waals surface area contributed by atoms with Crippen molar-refractivity contribution in [2.45, 2.75) is 17.9 Å². The van der Waals surface area contributed by atoms with E-state index in [1.807, 2.05) is 0 Å². The zero-order valence-electron chi connectivity index (χ0n) is 9.96. The molecule has 0 radical (unpaired) electrons. The number of anilines is 1. The van der Waals surface area contributed by atoms with Gasteiger partial charge in [-0.25, -0.2) is 18.1 Å². The molecular weight excluding hydrogens is 290 g/mol. The van der Waals surface area contributed by atoms with Crippen LogP contribution in [0.1, 0.15) is 18.8 Å². The highest BCUT2D eigenvalue weighted by atomic mass is 35.5. The number of sulfonamides is 1. The van der Waals surface area contributed by atoms with Crippen LogP contribution in [-0.2, 0) is 10.0 Å². The van der Waals surface area contributed by atoms with Crippen molar-refractivity contribution in [2.75, 3.05) is 5.73 Å². The quantitative estimate of drug-likeness (QED) is 0.731. The van der Waals surface area contributed by atoms with Crippen LogP contribution in [0.4, 0.5) is 5.69 Å². The third kappa shape index (κ3) is 2.86. The first-order chi connectivity index (χ1) is 8.92. The molecule has 1 heterocycles. The first-order valence-corrected chi connectivity index (χ1v) is 7.19. The molecule has 0 aliphatic rings. The Bertz CT molecular complexity index is 651. The Balaban J connectivity index is 2.33. The summed E-state index contributed by atoms with van der Waals surface area (Å²) in [6, 6.07) is 3.94. The van der Waals surface area contributed by atoms with Crippen molar-refractivity contribution in [1.29, 1.82) is 0 Å². The highest BCUT2D eigenvalue weighted by molar-refractivity contribution is 7.89. The van der Waals surface area contributed by atoms with Gasteiger partial charge in [0.25, 0.3) is 0 Å². The summed E-state index contributed by atoms with van der Waals surface area (Å²) in [6.45, 7) is 1.63. The molecule has 0 aliphatic heterocycles. The van der Waals surface area contributed by atoms with Gasteiger partial charge in [-0.1, -0.05) is 17.7 Å². The molecule has 0 fully saturated rings. The third-order valence-corrected chi connectivity index (χ3v) is 4.53. The van der Waals surface area contributed by atoms with E-state index in [9.17, 15) is 8.42 Å². The number of nitrogens with one attached hydrogen (secondary N) is 2. The van der Waals surface area contributed by atoms with Gasteiger partial charge < -0.3 is 5.73 Å². The average molecular weight is 302 g/mol. The van der Waals surface area contributed by atoms with Crippen LogP contribution < -0.4 is 10.5 Å². The Morgan fingerprint density at radius 3 is 2.79 bits per heavy atom. The minimum atomic E-state index is -3.84. The van der Waals surface area contributed by atoms with E-state index >= 15 is 0 Å². The van der Waals surface area contributed by atoms with E-state index in [-0.39, 0.29) is 15.6 Å². The molecule has 0 bridgehead atoms. The summed E-state index contributed by atoms with van der Waals surface area (Å²) in [5.41, 5.74) is 5.75. The predicted molar refractivity (Wildman–Crippen MR) is 71.0 cm³/mol. The third-order valence-electron chi connectivity index (χ3n) is 2.44. The van der Waals surface area contributed by atoms with Crippen LogP contribution in [0.5, 0.6) is 0 Å². The minimum Gasteiger partial charge on any atom is -0.398 e. The van der Waals surface area contributed by atoms with Gasteiger partial charge in [-0.2, -0.15) is 5.10 Å². The van der Waals surface area contributed by atoms with E-state index in [0.717, 1.165) is 0 Å². The fourth-order valence-corrected chi connectivity index (χ4v) is 3.46. The van der Waals surface area contributed by atoms with Gasteiger partial charge in [-0.3, -0.25) is 5.10 Å². The van der Waals surface area contributed by atoms with E-state index in [1.165, 1.54) is 18.5 Å². The lowest BCUT2D eigenvalue weighted by molar-refractivity contribution is 0.561. The highest BCUT2D eigenvalue weighted by Gasteiger charge is 2.24. The number of H-pyrrole nitrogens is 1. The molecule has 0 amide bonds. The number of hydrogen-bond donors (Lipinski definition) is 3. The van der Waals surface area contributed by atoms with Crippen molar-refractivity contribution in [2.24, 2.45) is 0 Å². The van der Waals surface area contributed by atoms with Gasteiger partial charge in [0.1, 0.15) is 17.0 Å². The predicted octanol–water partition coefficient (Wildman–Crippen LogP) is 1.08. The minimum absolute atomic E-state index is 0.0669. The number of nitrogens with two attached hydrogens (primary N) is 1. The lowest BCUT2D eigenvalue weighted by Crippen LogP contribution is -2.28. The number of aromatic nitrogens is 3. The lowest BCUT2D eigenvalue weighted by Gasteiger charge is -2.14. The highest BCUT2D eigenvalue weighted by Crippen LogP contribution is 2.27. The fourth-order valence-electron chi connectivity index (χ4n) is 1.58. The molecule has 102 valence electrons. The van der Waals surface area contributed by atoms with Crippen molar-refractivity contribution >= 4 is 27.3 Å². The Morgan fingerprint density at radius 2 is 2.21 bits per heavy atom. The van der Waals surface area contributed by atoms with Crippen LogP contribution in [0.25, 0.3) is 0 Å². The number of aromatic amines is 1. The van der Waals surface area contributed by atoms with Gasteiger partial charge in [0.05, 0.1) is 16.8 Å². The molecule has 0 saturated heterocycles. The zero-order valence-corrected chi connectivity index (χ0v) is 11.5.